The summed E-state index contributed by atoms with van der Waals surface area (Å²) in [7, 11) is 3.90. The minimum atomic E-state index is 0.342. The monoisotopic (exact) mass is 431 g/mol. The van der Waals surface area contributed by atoms with Crippen LogP contribution in [0, 0.1) is 24.7 Å². The smallest absolute Gasteiger partial charge is 0.194 e. The third-order valence-electron chi connectivity index (χ3n) is 8.75. The Morgan fingerprint density at radius 2 is 1.81 bits per heavy atom. The number of methoxy groups -OCH3 is 1. The highest BCUT2D eigenvalue weighted by Gasteiger charge is 2.52. The predicted octanol–water partition coefficient (Wildman–Crippen LogP) is 6.34. The van der Waals surface area contributed by atoms with E-state index >= 15 is 0 Å². The van der Waals surface area contributed by atoms with Crippen LogP contribution in [0.5, 0.6) is 5.75 Å². The lowest BCUT2D eigenvalue weighted by molar-refractivity contribution is -0.00696. The Morgan fingerprint density at radius 1 is 1.10 bits per heavy atom. The number of imidazole rings is 1. The molecule has 31 heavy (non-hydrogen) atoms. The van der Waals surface area contributed by atoms with E-state index in [9.17, 15) is 0 Å². The summed E-state index contributed by atoms with van der Waals surface area (Å²) in [6.45, 7) is 2.22. The van der Waals surface area contributed by atoms with Crippen molar-refractivity contribution in [3.05, 3.63) is 41.2 Å². The number of benzene rings is 1. The molecular formula is C26H29N3OS. The lowest BCUT2D eigenvalue weighted by Gasteiger charge is -2.56. The van der Waals surface area contributed by atoms with Crippen molar-refractivity contribution < 1.29 is 4.74 Å². The van der Waals surface area contributed by atoms with Crippen molar-refractivity contribution >= 4 is 27.2 Å². The van der Waals surface area contributed by atoms with Crippen LogP contribution in [-0.2, 0) is 12.5 Å². The van der Waals surface area contributed by atoms with E-state index in [1.165, 1.54) is 72.1 Å². The van der Waals surface area contributed by atoms with Crippen LogP contribution < -0.4 is 4.74 Å². The molecule has 0 spiro atoms. The number of hydrogen-bond donors (Lipinski definition) is 0. The maximum Gasteiger partial charge on any atom is 0.194 e. The molecule has 8 rings (SSSR count). The second-order valence-electron chi connectivity index (χ2n) is 10.5. The standard InChI is InChI=1S/C26H29N3OS/c1-15-24(20-9-19(30-3)4-5-21(20)28(15)2)22-14-31-25-27-23(13-29(22)25)26-10-16-6-17(11-26)8-18(7-16)12-26/h4-5,9,13-14,16-18H,6-8,10-12H2,1-3H3. The number of nitrogens with zero attached hydrogens (tertiary/aromatic N) is 3. The number of fused-ring (bicyclic) bond motifs is 2. The Balaban J connectivity index is 1.40. The highest BCUT2D eigenvalue weighted by Crippen LogP contribution is 2.60. The van der Waals surface area contributed by atoms with E-state index < -0.39 is 0 Å². The van der Waals surface area contributed by atoms with Crippen LogP contribution in [0.4, 0.5) is 0 Å². The SMILES string of the molecule is COc1ccc2c(c1)c(-c1csc3nc(C45CC6CC(CC(C6)C4)C5)cn13)c(C)n2C. The van der Waals surface area contributed by atoms with E-state index in [0.717, 1.165) is 28.5 Å². The summed E-state index contributed by atoms with van der Waals surface area (Å²) in [5, 5.41) is 3.54. The molecular weight excluding hydrogens is 402 g/mol. The van der Waals surface area contributed by atoms with E-state index in [2.05, 4.69) is 52.7 Å². The van der Waals surface area contributed by atoms with Gasteiger partial charge in [-0.2, -0.15) is 0 Å². The summed E-state index contributed by atoms with van der Waals surface area (Å²) < 4.78 is 10.2. The molecule has 4 saturated carbocycles. The normalized spacial score (nSPS) is 29.5. The number of hydrogen-bond acceptors (Lipinski definition) is 3. The first-order valence-corrected chi connectivity index (χ1v) is 12.5. The maximum absolute atomic E-state index is 5.55. The van der Waals surface area contributed by atoms with E-state index in [0.29, 0.717) is 5.41 Å². The van der Waals surface area contributed by atoms with Gasteiger partial charge in [-0.05, 0) is 81.4 Å². The van der Waals surface area contributed by atoms with Crippen LogP contribution in [-0.4, -0.2) is 21.1 Å². The lowest BCUT2D eigenvalue weighted by atomic mass is 9.49. The van der Waals surface area contributed by atoms with Crippen molar-refractivity contribution in [1.29, 1.82) is 0 Å². The van der Waals surface area contributed by atoms with Gasteiger partial charge in [-0.3, -0.25) is 4.40 Å². The molecule has 0 N–H and O–H groups in total. The molecule has 4 fully saturated rings. The number of rotatable bonds is 3. The molecule has 1 aromatic carbocycles. The molecule has 0 atom stereocenters. The topological polar surface area (TPSA) is 31.5 Å². The van der Waals surface area contributed by atoms with Crippen LogP contribution in [0.1, 0.15) is 49.9 Å². The summed E-state index contributed by atoms with van der Waals surface area (Å²) >= 11 is 1.78. The molecule has 3 aromatic heterocycles. The van der Waals surface area contributed by atoms with E-state index in [-0.39, 0.29) is 0 Å². The van der Waals surface area contributed by atoms with Crippen molar-refractivity contribution in [3.63, 3.8) is 0 Å². The van der Waals surface area contributed by atoms with Crippen LogP contribution in [0.25, 0.3) is 27.1 Å². The molecule has 4 aromatic rings. The van der Waals surface area contributed by atoms with Crippen LogP contribution in [0.2, 0.25) is 0 Å². The predicted molar refractivity (Wildman–Crippen MR) is 126 cm³/mol. The minimum Gasteiger partial charge on any atom is -0.497 e. The third kappa shape index (κ3) is 2.44. The van der Waals surface area contributed by atoms with Gasteiger partial charge in [0.05, 0.1) is 18.5 Å². The molecule has 160 valence electrons. The molecule has 0 radical (unpaired) electrons. The van der Waals surface area contributed by atoms with Crippen LogP contribution >= 0.6 is 11.3 Å². The van der Waals surface area contributed by atoms with E-state index in [1.54, 1.807) is 18.4 Å². The van der Waals surface area contributed by atoms with Gasteiger partial charge >= 0.3 is 0 Å². The summed E-state index contributed by atoms with van der Waals surface area (Å²) in [5.41, 5.74) is 6.81. The average Bonchev–Trinajstić information content (AvgIpc) is 3.40. The van der Waals surface area contributed by atoms with Gasteiger partial charge in [0.2, 0.25) is 0 Å². The van der Waals surface area contributed by atoms with Crippen molar-refractivity contribution in [2.45, 2.75) is 50.9 Å². The zero-order chi connectivity index (χ0) is 20.9. The van der Waals surface area contributed by atoms with Gasteiger partial charge in [-0.1, -0.05) is 0 Å². The van der Waals surface area contributed by atoms with Gasteiger partial charge in [-0.25, -0.2) is 4.98 Å². The average molecular weight is 432 g/mol. The summed E-state index contributed by atoms with van der Waals surface area (Å²) in [6, 6.07) is 6.40. The molecule has 0 saturated heterocycles. The lowest BCUT2D eigenvalue weighted by Crippen LogP contribution is -2.48. The molecule has 4 nitrogen and oxygen atoms in total. The van der Waals surface area contributed by atoms with Crippen molar-refractivity contribution in [2.24, 2.45) is 24.8 Å². The Kier molecular flexibility index (Phi) is 3.64. The molecule has 0 unspecified atom stereocenters. The number of ether oxygens (including phenoxy) is 1. The fourth-order valence-corrected chi connectivity index (χ4v) is 8.51. The summed E-state index contributed by atoms with van der Waals surface area (Å²) in [6.07, 6.45) is 10.9. The number of aromatic nitrogens is 3. The fraction of sp³-hybridized carbons (Fsp3) is 0.500. The summed E-state index contributed by atoms with van der Waals surface area (Å²) in [5.74, 6) is 3.74. The highest BCUT2D eigenvalue weighted by molar-refractivity contribution is 7.15. The second kappa shape index (κ2) is 6.16. The molecule has 4 aliphatic rings. The summed E-state index contributed by atoms with van der Waals surface area (Å²) in [4.78, 5) is 6.39. The van der Waals surface area contributed by atoms with Gasteiger partial charge in [0, 0.05) is 46.2 Å². The molecule has 5 heteroatoms. The largest absolute Gasteiger partial charge is 0.497 e. The van der Waals surface area contributed by atoms with Crippen LogP contribution in [0.3, 0.4) is 0 Å². The molecule has 4 aliphatic carbocycles. The Morgan fingerprint density at radius 3 is 2.48 bits per heavy atom. The van der Waals surface area contributed by atoms with Gasteiger partial charge in [0.15, 0.2) is 4.96 Å². The first-order chi connectivity index (χ1) is 15.0. The Hall–Kier alpha value is -2.27. The Labute approximate surface area is 186 Å². The third-order valence-corrected chi connectivity index (χ3v) is 9.59. The van der Waals surface area contributed by atoms with E-state index in [4.69, 9.17) is 9.72 Å². The second-order valence-corrected chi connectivity index (χ2v) is 11.3. The highest BCUT2D eigenvalue weighted by atomic mass is 32.1. The van der Waals surface area contributed by atoms with Gasteiger partial charge in [0.25, 0.3) is 0 Å². The molecule has 4 bridgehead atoms. The number of aryl methyl sites for hydroxylation is 1. The zero-order valence-corrected chi connectivity index (χ0v) is 19.3. The quantitative estimate of drug-likeness (QED) is 0.379. The Bertz CT molecular complexity index is 1300. The first-order valence-electron chi connectivity index (χ1n) is 11.6. The zero-order valence-electron chi connectivity index (χ0n) is 18.5. The minimum absolute atomic E-state index is 0.342. The van der Waals surface area contributed by atoms with Crippen molar-refractivity contribution in [3.8, 4) is 17.0 Å². The first kappa shape index (κ1) is 18.3. The molecule has 3 heterocycles. The van der Waals surface area contributed by atoms with Gasteiger partial charge < -0.3 is 9.30 Å². The van der Waals surface area contributed by atoms with Crippen LogP contribution in [0.15, 0.2) is 29.8 Å². The van der Waals surface area contributed by atoms with E-state index in [1.807, 2.05) is 0 Å². The number of thiazole rings is 1. The molecule has 0 aliphatic heterocycles. The van der Waals surface area contributed by atoms with Gasteiger partial charge in [0.1, 0.15) is 5.75 Å². The van der Waals surface area contributed by atoms with Gasteiger partial charge in [-0.15, -0.1) is 11.3 Å². The maximum atomic E-state index is 5.55. The van der Waals surface area contributed by atoms with Crippen molar-refractivity contribution in [1.82, 2.24) is 14.0 Å². The molecule has 0 amide bonds. The van der Waals surface area contributed by atoms with Crippen molar-refractivity contribution in [2.75, 3.05) is 7.11 Å². The fourth-order valence-electron chi connectivity index (χ4n) is 7.64.